The molecule has 2 aromatic rings. The molecule has 1 aromatic heterocycles. The maximum absolute atomic E-state index is 2.48. The van der Waals surface area contributed by atoms with Gasteiger partial charge in [0.05, 0.1) is 0 Å². The van der Waals surface area contributed by atoms with Crippen LogP contribution in [0.2, 0.25) is 0 Å². The molecule has 0 radical (unpaired) electrons. The highest BCUT2D eigenvalue weighted by Crippen LogP contribution is 2.14. The molecule has 0 aliphatic carbocycles. The third kappa shape index (κ3) is 10.0. The standard InChI is InChI=1S/C30H48N/c1-4-7-8-9-10-11-12-13-14-15-19-27-21-23-28(24-22-27)26-31-25-16-20-29(17-5-2)30(31)18-6-3/h16,20-25H,4-15,17-19,26H2,1-3H3/q+1. The van der Waals surface area contributed by atoms with Crippen molar-refractivity contribution in [3.63, 3.8) is 0 Å². The van der Waals surface area contributed by atoms with Crippen molar-refractivity contribution >= 4 is 0 Å². The van der Waals surface area contributed by atoms with E-state index in [1.54, 1.807) is 0 Å². The first-order chi connectivity index (χ1) is 15.3. The summed E-state index contributed by atoms with van der Waals surface area (Å²) in [6, 6.07) is 14.0. The summed E-state index contributed by atoms with van der Waals surface area (Å²) in [5.74, 6) is 0. The van der Waals surface area contributed by atoms with Gasteiger partial charge in [0.25, 0.3) is 0 Å². The lowest BCUT2D eigenvalue weighted by molar-refractivity contribution is -0.696. The van der Waals surface area contributed by atoms with Gasteiger partial charge in [-0.3, -0.25) is 0 Å². The Kier molecular flexibility index (Phi) is 13.3. The van der Waals surface area contributed by atoms with Crippen molar-refractivity contribution in [2.75, 3.05) is 0 Å². The summed E-state index contributed by atoms with van der Waals surface area (Å²) in [5, 5.41) is 0. The zero-order chi connectivity index (χ0) is 22.2. The minimum atomic E-state index is 0.991. The van der Waals surface area contributed by atoms with E-state index >= 15 is 0 Å². The first-order valence-electron chi connectivity index (χ1n) is 13.4. The fourth-order valence-electron chi connectivity index (χ4n) is 4.64. The Morgan fingerprint density at radius 1 is 0.548 bits per heavy atom. The highest BCUT2D eigenvalue weighted by atomic mass is 15.0. The minimum Gasteiger partial charge on any atom is -0.198 e. The highest BCUT2D eigenvalue weighted by Gasteiger charge is 2.15. The van der Waals surface area contributed by atoms with Crippen molar-refractivity contribution in [2.45, 2.75) is 124 Å². The summed E-state index contributed by atoms with van der Waals surface area (Å²) >= 11 is 0. The van der Waals surface area contributed by atoms with E-state index in [4.69, 9.17) is 0 Å². The van der Waals surface area contributed by atoms with Crippen LogP contribution >= 0.6 is 0 Å². The summed E-state index contributed by atoms with van der Waals surface area (Å²) in [6.07, 6.45) is 22.4. The van der Waals surface area contributed by atoms with Gasteiger partial charge in [0.1, 0.15) is 0 Å². The van der Waals surface area contributed by atoms with Crippen molar-refractivity contribution in [1.29, 1.82) is 0 Å². The van der Waals surface area contributed by atoms with Crippen LogP contribution in [-0.4, -0.2) is 0 Å². The molecule has 0 fully saturated rings. The molecular formula is C30H48N+. The second-order valence-electron chi connectivity index (χ2n) is 9.36. The van der Waals surface area contributed by atoms with E-state index in [0.29, 0.717) is 0 Å². The number of pyridine rings is 1. The number of hydrogen-bond acceptors (Lipinski definition) is 0. The molecule has 0 bridgehead atoms. The van der Waals surface area contributed by atoms with Crippen LogP contribution in [0.25, 0.3) is 0 Å². The molecule has 0 spiro atoms. The third-order valence-electron chi connectivity index (χ3n) is 6.48. The van der Waals surface area contributed by atoms with Gasteiger partial charge < -0.3 is 0 Å². The van der Waals surface area contributed by atoms with E-state index in [9.17, 15) is 0 Å². The first kappa shape index (κ1) is 25.6. The Bertz CT molecular complexity index is 701. The molecule has 0 amide bonds. The van der Waals surface area contributed by atoms with E-state index in [1.807, 2.05) is 0 Å². The summed E-state index contributed by atoms with van der Waals surface area (Å²) in [6.45, 7) is 7.85. The Balaban J connectivity index is 1.73. The quantitative estimate of drug-likeness (QED) is 0.178. The fraction of sp³-hybridized carbons (Fsp3) is 0.633. The molecule has 0 saturated carbocycles. The highest BCUT2D eigenvalue weighted by molar-refractivity contribution is 5.22. The van der Waals surface area contributed by atoms with Gasteiger partial charge in [-0.15, -0.1) is 0 Å². The molecule has 2 rings (SSSR count). The largest absolute Gasteiger partial charge is 0.198 e. The summed E-state index contributed by atoms with van der Waals surface area (Å²) in [7, 11) is 0. The lowest BCUT2D eigenvalue weighted by Crippen LogP contribution is -2.39. The second kappa shape index (κ2) is 16.1. The van der Waals surface area contributed by atoms with Gasteiger partial charge in [-0.25, -0.2) is 0 Å². The predicted molar refractivity (Wildman–Crippen MR) is 136 cm³/mol. The molecule has 0 aliphatic rings. The van der Waals surface area contributed by atoms with Gasteiger partial charge >= 0.3 is 0 Å². The average molecular weight is 423 g/mol. The van der Waals surface area contributed by atoms with Crippen molar-refractivity contribution in [2.24, 2.45) is 0 Å². The van der Waals surface area contributed by atoms with Crippen LogP contribution < -0.4 is 4.57 Å². The SMILES string of the molecule is CCCCCCCCCCCCc1ccc(C[n+]2cccc(CCC)c2CCC)cc1. The third-order valence-corrected chi connectivity index (χ3v) is 6.48. The van der Waals surface area contributed by atoms with Crippen LogP contribution in [0.3, 0.4) is 0 Å². The lowest BCUT2D eigenvalue weighted by Gasteiger charge is -2.09. The Morgan fingerprint density at radius 3 is 1.74 bits per heavy atom. The van der Waals surface area contributed by atoms with Crippen molar-refractivity contribution < 1.29 is 4.57 Å². The van der Waals surface area contributed by atoms with Crippen molar-refractivity contribution in [1.82, 2.24) is 0 Å². The Hall–Kier alpha value is -1.63. The second-order valence-corrected chi connectivity index (χ2v) is 9.36. The van der Waals surface area contributed by atoms with Gasteiger partial charge in [-0.1, -0.05) is 109 Å². The number of nitrogens with zero attached hydrogens (tertiary/aromatic N) is 1. The molecular weight excluding hydrogens is 374 g/mol. The topological polar surface area (TPSA) is 3.88 Å². The molecule has 0 saturated heterocycles. The van der Waals surface area contributed by atoms with Gasteiger partial charge in [-0.2, -0.15) is 4.57 Å². The molecule has 31 heavy (non-hydrogen) atoms. The van der Waals surface area contributed by atoms with E-state index in [0.717, 1.165) is 6.54 Å². The van der Waals surface area contributed by atoms with Crippen LogP contribution in [0.1, 0.15) is 120 Å². The van der Waals surface area contributed by atoms with E-state index in [-0.39, 0.29) is 0 Å². The lowest BCUT2D eigenvalue weighted by atomic mass is 10.0. The molecule has 0 N–H and O–H groups in total. The number of unbranched alkanes of at least 4 members (excludes halogenated alkanes) is 9. The monoisotopic (exact) mass is 422 g/mol. The summed E-state index contributed by atoms with van der Waals surface area (Å²) in [4.78, 5) is 0. The van der Waals surface area contributed by atoms with Crippen LogP contribution in [0.5, 0.6) is 0 Å². The van der Waals surface area contributed by atoms with E-state index in [2.05, 4.69) is 67.9 Å². The normalized spacial score (nSPS) is 11.2. The van der Waals surface area contributed by atoms with Gasteiger partial charge in [0.2, 0.25) is 0 Å². The molecule has 1 heteroatoms. The van der Waals surface area contributed by atoms with Gasteiger partial charge in [0, 0.05) is 23.6 Å². The molecule has 0 atom stereocenters. The van der Waals surface area contributed by atoms with Crippen molar-refractivity contribution in [3.05, 3.63) is 65.0 Å². The molecule has 0 unspecified atom stereocenters. The van der Waals surface area contributed by atoms with E-state index < -0.39 is 0 Å². The van der Waals surface area contributed by atoms with Crippen LogP contribution in [0.4, 0.5) is 0 Å². The average Bonchev–Trinajstić information content (AvgIpc) is 2.78. The van der Waals surface area contributed by atoms with Crippen LogP contribution in [-0.2, 0) is 25.8 Å². The number of aryl methyl sites for hydroxylation is 2. The molecule has 172 valence electrons. The number of aromatic nitrogens is 1. The maximum Gasteiger partial charge on any atom is 0.184 e. The molecule has 1 aromatic carbocycles. The summed E-state index contributed by atoms with van der Waals surface area (Å²) in [5.41, 5.74) is 5.98. The van der Waals surface area contributed by atoms with E-state index in [1.165, 1.54) is 119 Å². The maximum atomic E-state index is 2.48. The number of rotatable bonds is 17. The summed E-state index contributed by atoms with van der Waals surface area (Å²) < 4.78 is 2.48. The predicted octanol–water partition coefficient (Wildman–Crippen LogP) is 8.39. The molecule has 1 nitrogen and oxygen atoms in total. The first-order valence-corrected chi connectivity index (χ1v) is 13.4. The van der Waals surface area contributed by atoms with Gasteiger partial charge in [-0.05, 0) is 37.3 Å². The van der Waals surface area contributed by atoms with Crippen molar-refractivity contribution in [3.8, 4) is 0 Å². The molecule has 1 heterocycles. The molecule has 0 aliphatic heterocycles. The zero-order valence-electron chi connectivity index (χ0n) is 20.8. The minimum absolute atomic E-state index is 0.991. The fourth-order valence-corrected chi connectivity index (χ4v) is 4.64. The zero-order valence-corrected chi connectivity index (χ0v) is 20.8. The smallest absolute Gasteiger partial charge is 0.184 e. The number of hydrogen-bond donors (Lipinski definition) is 0. The van der Waals surface area contributed by atoms with Crippen LogP contribution in [0, 0.1) is 0 Å². The Labute approximate surface area is 193 Å². The van der Waals surface area contributed by atoms with Crippen LogP contribution in [0.15, 0.2) is 42.6 Å². The van der Waals surface area contributed by atoms with Gasteiger partial charge in [0.15, 0.2) is 18.4 Å². The Morgan fingerprint density at radius 2 is 1.13 bits per heavy atom. The number of benzene rings is 1.